The maximum Gasteiger partial charge on any atom is 0.174 e. The van der Waals surface area contributed by atoms with Gasteiger partial charge in [-0.15, -0.1) is 21.5 Å². The number of benzene rings is 1. The molecule has 3 aromatic rings. The number of thioether (sulfide) groups is 1. The third-order valence-corrected chi connectivity index (χ3v) is 5.22. The number of halogens is 1. The van der Waals surface area contributed by atoms with Crippen molar-refractivity contribution in [2.45, 2.75) is 16.7 Å². The van der Waals surface area contributed by atoms with Crippen LogP contribution in [0.2, 0.25) is 0 Å². The second kappa shape index (κ2) is 6.97. The summed E-state index contributed by atoms with van der Waals surface area (Å²) in [6.45, 7) is 0.389. The zero-order chi connectivity index (χ0) is 14.5. The van der Waals surface area contributed by atoms with Crippen molar-refractivity contribution in [1.82, 2.24) is 15.2 Å². The van der Waals surface area contributed by atoms with Gasteiger partial charge in [0.25, 0.3) is 0 Å². The van der Waals surface area contributed by atoms with E-state index in [0.29, 0.717) is 12.4 Å². The van der Waals surface area contributed by atoms with Gasteiger partial charge in [0, 0.05) is 11.1 Å². The van der Waals surface area contributed by atoms with Crippen molar-refractivity contribution in [2.24, 2.45) is 0 Å². The highest BCUT2D eigenvalue weighted by molar-refractivity contribution is 8.00. The Balaban J connectivity index is 1.51. The number of aromatic nitrogens is 3. The smallest absolute Gasteiger partial charge is 0.174 e. The Morgan fingerprint density at radius 2 is 2.05 bits per heavy atom. The van der Waals surface area contributed by atoms with E-state index in [2.05, 4.69) is 15.2 Å². The molecule has 0 amide bonds. The standard InChI is InChI=1S/C13H10FN3OS3/c14-9-1-3-11(4-2-9)18-5-12-16-10(6-19-12)7-20-13-17-15-8-21-13/h1-4,6,8H,5,7H2. The van der Waals surface area contributed by atoms with Crippen molar-refractivity contribution in [3.63, 3.8) is 0 Å². The molecule has 0 saturated heterocycles. The SMILES string of the molecule is Fc1ccc(OCc2nc(CSc3nncs3)cs2)cc1. The van der Waals surface area contributed by atoms with Crippen LogP contribution in [0.1, 0.15) is 10.7 Å². The van der Waals surface area contributed by atoms with Gasteiger partial charge in [-0.3, -0.25) is 0 Å². The molecular formula is C13H10FN3OS3. The van der Waals surface area contributed by atoms with Crippen LogP contribution >= 0.6 is 34.4 Å². The molecule has 21 heavy (non-hydrogen) atoms. The Morgan fingerprint density at radius 1 is 1.19 bits per heavy atom. The van der Waals surface area contributed by atoms with Gasteiger partial charge in [-0.1, -0.05) is 23.1 Å². The maximum absolute atomic E-state index is 12.8. The fraction of sp³-hybridized carbons (Fsp3) is 0.154. The van der Waals surface area contributed by atoms with Crippen molar-refractivity contribution >= 4 is 34.4 Å². The first-order valence-corrected chi connectivity index (χ1v) is 8.75. The molecule has 8 heteroatoms. The Labute approximate surface area is 133 Å². The molecule has 0 fully saturated rings. The minimum absolute atomic E-state index is 0.271. The number of hydrogen-bond donors (Lipinski definition) is 0. The lowest BCUT2D eigenvalue weighted by molar-refractivity contribution is 0.305. The van der Waals surface area contributed by atoms with Gasteiger partial charge in [0.1, 0.15) is 28.7 Å². The van der Waals surface area contributed by atoms with Crippen LogP contribution in [0.3, 0.4) is 0 Å². The molecule has 2 aromatic heterocycles. The molecule has 0 atom stereocenters. The summed E-state index contributed by atoms with van der Waals surface area (Å²) in [7, 11) is 0. The zero-order valence-electron chi connectivity index (χ0n) is 10.7. The highest BCUT2D eigenvalue weighted by atomic mass is 32.2. The summed E-state index contributed by atoms with van der Waals surface area (Å²) in [4.78, 5) is 4.50. The van der Waals surface area contributed by atoms with E-state index in [0.717, 1.165) is 20.8 Å². The minimum atomic E-state index is -0.271. The quantitative estimate of drug-likeness (QED) is 0.635. The van der Waals surface area contributed by atoms with E-state index in [1.165, 1.54) is 23.5 Å². The van der Waals surface area contributed by atoms with Crippen LogP contribution < -0.4 is 4.74 Å². The van der Waals surface area contributed by atoms with Crippen molar-refractivity contribution in [3.8, 4) is 5.75 Å². The number of hydrogen-bond acceptors (Lipinski definition) is 7. The Bertz CT molecular complexity index is 685. The van der Waals surface area contributed by atoms with Gasteiger partial charge in [-0.2, -0.15) is 0 Å². The van der Waals surface area contributed by atoms with Crippen molar-refractivity contribution in [1.29, 1.82) is 0 Å². The van der Waals surface area contributed by atoms with Gasteiger partial charge in [0.2, 0.25) is 0 Å². The summed E-state index contributed by atoms with van der Waals surface area (Å²) in [5, 5.41) is 10.7. The van der Waals surface area contributed by atoms with Crippen LogP contribution in [0, 0.1) is 5.82 Å². The van der Waals surface area contributed by atoms with E-state index in [1.54, 1.807) is 40.7 Å². The van der Waals surface area contributed by atoms with Crippen molar-refractivity contribution < 1.29 is 9.13 Å². The molecule has 3 rings (SSSR count). The van der Waals surface area contributed by atoms with Gasteiger partial charge in [0.05, 0.1) is 5.69 Å². The van der Waals surface area contributed by atoms with Gasteiger partial charge in [-0.25, -0.2) is 9.37 Å². The maximum atomic E-state index is 12.8. The van der Waals surface area contributed by atoms with E-state index in [-0.39, 0.29) is 5.82 Å². The van der Waals surface area contributed by atoms with Gasteiger partial charge in [0.15, 0.2) is 4.34 Å². The lowest BCUT2D eigenvalue weighted by Gasteiger charge is -2.03. The summed E-state index contributed by atoms with van der Waals surface area (Å²) < 4.78 is 19.3. The van der Waals surface area contributed by atoms with Crippen molar-refractivity contribution in [2.75, 3.05) is 0 Å². The van der Waals surface area contributed by atoms with Crippen LogP contribution in [0.5, 0.6) is 5.75 Å². The van der Waals surface area contributed by atoms with Crippen molar-refractivity contribution in [3.05, 3.63) is 51.7 Å². The molecule has 4 nitrogen and oxygen atoms in total. The normalized spacial score (nSPS) is 10.7. The number of nitrogens with zero attached hydrogens (tertiary/aromatic N) is 3. The molecule has 2 heterocycles. The first kappa shape index (κ1) is 14.4. The molecule has 0 spiro atoms. The third kappa shape index (κ3) is 4.23. The van der Waals surface area contributed by atoms with Crippen LogP contribution in [-0.2, 0) is 12.4 Å². The Morgan fingerprint density at radius 3 is 2.81 bits per heavy atom. The molecule has 0 N–H and O–H groups in total. The lowest BCUT2D eigenvalue weighted by atomic mass is 10.3. The van der Waals surface area contributed by atoms with Gasteiger partial charge in [-0.05, 0) is 24.3 Å². The predicted octanol–water partition coefficient (Wildman–Crippen LogP) is 4.01. The van der Waals surface area contributed by atoms with Crippen LogP contribution in [0.4, 0.5) is 4.39 Å². The highest BCUT2D eigenvalue weighted by Crippen LogP contribution is 2.24. The minimum Gasteiger partial charge on any atom is -0.486 e. The Kier molecular flexibility index (Phi) is 4.79. The summed E-state index contributed by atoms with van der Waals surface area (Å²) >= 11 is 4.69. The molecule has 0 unspecified atom stereocenters. The predicted molar refractivity (Wildman–Crippen MR) is 82.3 cm³/mol. The van der Waals surface area contributed by atoms with Gasteiger partial charge >= 0.3 is 0 Å². The first-order chi connectivity index (χ1) is 10.3. The largest absolute Gasteiger partial charge is 0.486 e. The Hall–Kier alpha value is -1.51. The van der Waals surface area contributed by atoms with Crippen LogP contribution in [0.15, 0.2) is 39.5 Å². The summed E-state index contributed by atoms with van der Waals surface area (Å²) in [6.07, 6.45) is 0. The molecule has 0 aliphatic rings. The monoisotopic (exact) mass is 339 g/mol. The molecular weight excluding hydrogens is 329 g/mol. The topological polar surface area (TPSA) is 47.9 Å². The van der Waals surface area contributed by atoms with E-state index in [4.69, 9.17) is 4.74 Å². The fourth-order valence-corrected chi connectivity index (χ4v) is 3.71. The molecule has 0 aliphatic carbocycles. The summed E-state index contributed by atoms with van der Waals surface area (Å²) in [6, 6.07) is 5.97. The summed E-state index contributed by atoms with van der Waals surface area (Å²) in [5.74, 6) is 1.13. The van der Waals surface area contributed by atoms with E-state index >= 15 is 0 Å². The number of thiazole rings is 1. The molecule has 0 radical (unpaired) electrons. The lowest BCUT2D eigenvalue weighted by Crippen LogP contribution is -1.95. The van der Waals surface area contributed by atoms with E-state index in [9.17, 15) is 4.39 Å². The number of rotatable bonds is 6. The molecule has 0 bridgehead atoms. The molecule has 108 valence electrons. The number of ether oxygens (including phenoxy) is 1. The molecule has 1 aromatic carbocycles. The second-order valence-electron chi connectivity index (χ2n) is 3.97. The fourth-order valence-electron chi connectivity index (χ4n) is 1.52. The van der Waals surface area contributed by atoms with Gasteiger partial charge < -0.3 is 4.74 Å². The average Bonchev–Trinajstić information content (AvgIpc) is 3.16. The zero-order valence-corrected chi connectivity index (χ0v) is 13.2. The summed E-state index contributed by atoms with van der Waals surface area (Å²) in [5.41, 5.74) is 2.71. The third-order valence-electron chi connectivity index (χ3n) is 2.46. The van der Waals surface area contributed by atoms with E-state index < -0.39 is 0 Å². The second-order valence-corrected chi connectivity index (χ2v) is 6.97. The highest BCUT2D eigenvalue weighted by Gasteiger charge is 2.05. The molecule has 0 aliphatic heterocycles. The van der Waals surface area contributed by atoms with Crippen LogP contribution in [0.25, 0.3) is 0 Å². The first-order valence-electron chi connectivity index (χ1n) is 6.00. The van der Waals surface area contributed by atoms with E-state index in [1.807, 2.05) is 5.38 Å². The average molecular weight is 339 g/mol. The van der Waals surface area contributed by atoms with Crippen LogP contribution in [-0.4, -0.2) is 15.2 Å². The molecule has 0 saturated carbocycles.